The number of methoxy groups -OCH3 is 1. The molecule has 1 fully saturated rings. The summed E-state index contributed by atoms with van der Waals surface area (Å²) in [6.45, 7) is 2.63. The second-order valence-electron chi connectivity index (χ2n) is 5.58. The van der Waals surface area contributed by atoms with Crippen molar-refractivity contribution in [3.05, 3.63) is 29.8 Å². The van der Waals surface area contributed by atoms with Gasteiger partial charge in [0.1, 0.15) is 5.75 Å². The smallest absolute Gasteiger partial charge is 0.225 e. The summed E-state index contributed by atoms with van der Waals surface area (Å²) in [6, 6.07) is 7.87. The van der Waals surface area contributed by atoms with Crippen LogP contribution in [-0.2, 0) is 11.3 Å². The average molecular weight is 276 g/mol. The zero-order chi connectivity index (χ0) is 14.5. The molecule has 0 radical (unpaired) electrons. The maximum absolute atomic E-state index is 12.5. The standard InChI is InChI=1S/C16H24N2O2/c1-17-10-8-13(9-11-17)16(19)18(2)12-14-6-4-5-7-15(14)20-3/h4-7,13H,8-12H2,1-3H3. The quantitative estimate of drug-likeness (QED) is 0.843. The van der Waals surface area contributed by atoms with E-state index in [0.29, 0.717) is 6.54 Å². The van der Waals surface area contributed by atoms with Gasteiger partial charge in [0.15, 0.2) is 0 Å². The number of hydrogen-bond donors (Lipinski definition) is 0. The Hall–Kier alpha value is -1.55. The SMILES string of the molecule is COc1ccccc1CN(C)C(=O)C1CCN(C)CC1. The zero-order valence-corrected chi connectivity index (χ0v) is 12.6. The molecule has 0 bridgehead atoms. The van der Waals surface area contributed by atoms with Crippen LogP contribution in [0.15, 0.2) is 24.3 Å². The highest BCUT2D eigenvalue weighted by Crippen LogP contribution is 2.22. The van der Waals surface area contributed by atoms with Crippen LogP contribution >= 0.6 is 0 Å². The number of rotatable bonds is 4. The first-order chi connectivity index (χ1) is 9.61. The number of hydrogen-bond acceptors (Lipinski definition) is 3. The van der Waals surface area contributed by atoms with Gasteiger partial charge in [-0.05, 0) is 39.0 Å². The van der Waals surface area contributed by atoms with Crippen molar-refractivity contribution in [2.24, 2.45) is 5.92 Å². The van der Waals surface area contributed by atoms with Gasteiger partial charge in [0.05, 0.1) is 7.11 Å². The molecule has 20 heavy (non-hydrogen) atoms. The molecular formula is C16H24N2O2. The van der Waals surface area contributed by atoms with Crippen LogP contribution in [0.2, 0.25) is 0 Å². The van der Waals surface area contributed by atoms with E-state index in [1.54, 1.807) is 7.11 Å². The fourth-order valence-electron chi connectivity index (χ4n) is 2.73. The van der Waals surface area contributed by atoms with E-state index in [1.165, 1.54) is 0 Å². The summed E-state index contributed by atoms with van der Waals surface area (Å²) < 4.78 is 5.34. The molecule has 0 aliphatic carbocycles. The van der Waals surface area contributed by atoms with Crippen LogP contribution in [0.25, 0.3) is 0 Å². The molecule has 0 atom stereocenters. The Morgan fingerprint density at radius 1 is 1.35 bits per heavy atom. The lowest BCUT2D eigenvalue weighted by Crippen LogP contribution is -2.39. The molecule has 4 heteroatoms. The van der Waals surface area contributed by atoms with Gasteiger partial charge in [0, 0.05) is 25.1 Å². The van der Waals surface area contributed by atoms with Crippen molar-refractivity contribution in [1.29, 1.82) is 0 Å². The predicted octanol–water partition coefficient (Wildman–Crippen LogP) is 2.00. The van der Waals surface area contributed by atoms with Crippen molar-refractivity contribution in [2.45, 2.75) is 19.4 Å². The molecule has 1 aliphatic heterocycles. The molecule has 1 amide bonds. The first-order valence-electron chi connectivity index (χ1n) is 7.17. The molecule has 1 aromatic carbocycles. The van der Waals surface area contributed by atoms with Gasteiger partial charge >= 0.3 is 0 Å². The first-order valence-corrected chi connectivity index (χ1v) is 7.17. The Labute approximate surface area is 121 Å². The van der Waals surface area contributed by atoms with Crippen LogP contribution in [0.1, 0.15) is 18.4 Å². The van der Waals surface area contributed by atoms with E-state index in [2.05, 4.69) is 11.9 Å². The average Bonchev–Trinajstić information content (AvgIpc) is 2.48. The Bertz CT molecular complexity index is 454. The van der Waals surface area contributed by atoms with E-state index in [1.807, 2.05) is 36.2 Å². The van der Waals surface area contributed by atoms with Crippen LogP contribution in [0.3, 0.4) is 0 Å². The molecular weight excluding hydrogens is 252 g/mol. The number of para-hydroxylation sites is 1. The molecule has 0 aromatic heterocycles. The van der Waals surface area contributed by atoms with E-state index in [0.717, 1.165) is 37.2 Å². The highest BCUT2D eigenvalue weighted by atomic mass is 16.5. The predicted molar refractivity (Wildman–Crippen MR) is 79.7 cm³/mol. The van der Waals surface area contributed by atoms with Gasteiger partial charge in [-0.3, -0.25) is 4.79 Å². The van der Waals surface area contributed by atoms with Crippen molar-refractivity contribution >= 4 is 5.91 Å². The third-order valence-corrected chi connectivity index (χ3v) is 4.04. The van der Waals surface area contributed by atoms with E-state index in [-0.39, 0.29) is 11.8 Å². The number of carbonyl (C=O) groups is 1. The molecule has 4 nitrogen and oxygen atoms in total. The van der Waals surface area contributed by atoms with Crippen molar-refractivity contribution in [3.8, 4) is 5.75 Å². The summed E-state index contributed by atoms with van der Waals surface area (Å²) >= 11 is 0. The molecule has 110 valence electrons. The number of ether oxygens (including phenoxy) is 1. The van der Waals surface area contributed by atoms with Gasteiger partial charge in [0.2, 0.25) is 5.91 Å². The normalized spacial score (nSPS) is 16.9. The van der Waals surface area contributed by atoms with E-state index < -0.39 is 0 Å². The van der Waals surface area contributed by atoms with E-state index >= 15 is 0 Å². The van der Waals surface area contributed by atoms with Crippen LogP contribution in [0, 0.1) is 5.92 Å². The summed E-state index contributed by atoms with van der Waals surface area (Å²) in [7, 11) is 5.66. The van der Waals surface area contributed by atoms with Gasteiger partial charge in [-0.25, -0.2) is 0 Å². The minimum Gasteiger partial charge on any atom is -0.496 e. The van der Waals surface area contributed by atoms with Crippen molar-refractivity contribution in [1.82, 2.24) is 9.80 Å². The molecule has 0 N–H and O–H groups in total. The summed E-state index contributed by atoms with van der Waals surface area (Å²) in [6.07, 6.45) is 1.93. The first kappa shape index (κ1) is 14.9. The van der Waals surface area contributed by atoms with Crippen molar-refractivity contribution < 1.29 is 9.53 Å². The Morgan fingerprint density at radius 2 is 2.00 bits per heavy atom. The number of likely N-dealkylation sites (tertiary alicyclic amines) is 1. The molecule has 1 heterocycles. The Morgan fingerprint density at radius 3 is 2.65 bits per heavy atom. The second-order valence-corrected chi connectivity index (χ2v) is 5.58. The lowest BCUT2D eigenvalue weighted by molar-refractivity contribution is -0.136. The molecule has 1 aliphatic rings. The lowest BCUT2D eigenvalue weighted by Gasteiger charge is -2.31. The highest BCUT2D eigenvalue weighted by molar-refractivity contribution is 5.78. The summed E-state index contributed by atoms with van der Waals surface area (Å²) in [5.41, 5.74) is 1.05. The summed E-state index contributed by atoms with van der Waals surface area (Å²) in [5.74, 6) is 1.27. The van der Waals surface area contributed by atoms with Gasteiger partial charge in [-0.15, -0.1) is 0 Å². The third kappa shape index (κ3) is 3.51. The van der Waals surface area contributed by atoms with Crippen molar-refractivity contribution in [3.63, 3.8) is 0 Å². The van der Waals surface area contributed by atoms with Gasteiger partial charge < -0.3 is 14.5 Å². The fourth-order valence-corrected chi connectivity index (χ4v) is 2.73. The van der Waals surface area contributed by atoms with Crippen LogP contribution < -0.4 is 4.74 Å². The largest absolute Gasteiger partial charge is 0.496 e. The zero-order valence-electron chi connectivity index (χ0n) is 12.6. The minimum absolute atomic E-state index is 0.172. The monoisotopic (exact) mass is 276 g/mol. The molecule has 0 saturated carbocycles. The molecule has 0 unspecified atom stereocenters. The second kappa shape index (κ2) is 6.75. The minimum atomic E-state index is 0.172. The molecule has 0 spiro atoms. The summed E-state index contributed by atoms with van der Waals surface area (Å²) in [4.78, 5) is 16.6. The van der Waals surface area contributed by atoms with Crippen LogP contribution in [-0.4, -0.2) is 50.0 Å². The number of piperidine rings is 1. The maximum Gasteiger partial charge on any atom is 0.225 e. The van der Waals surface area contributed by atoms with Gasteiger partial charge in [-0.1, -0.05) is 18.2 Å². The molecule has 1 saturated heterocycles. The van der Waals surface area contributed by atoms with Crippen LogP contribution in [0.4, 0.5) is 0 Å². The number of benzene rings is 1. The van der Waals surface area contributed by atoms with E-state index in [4.69, 9.17) is 4.74 Å². The number of amides is 1. The Kier molecular flexibility index (Phi) is 5.01. The highest BCUT2D eigenvalue weighted by Gasteiger charge is 2.26. The lowest BCUT2D eigenvalue weighted by atomic mass is 9.95. The fraction of sp³-hybridized carbons (Fsp3) is 0.562. The van der Waals surface area contributed by atoms with E-state index in [9.17, 15) is 4.79 Å². The van der Waals surface area contributed by atoms with Crippen molar-refractivity contribution in [2.75, 3.05) is 34.3 Å². The maximum atomic E-state index is 12.5. The molecule has 1 aromatic rings. The Balaban J connectivity index is 1.97. The van der Waals surface area contributed by atoms with Gasteiger partial charge in [-0.2, -0.15) is 0 Å². The van der Waals surface area contributed by atoms with Crippen LogP contribution in [0.5, 0.6) is 5.75 Å². The van der Waals surface area contributed by atoms with Gasteiger partial charge in [0.25, 0.3) is 0 Å². The number of nitrogens with zero attached hydrogens (tertiary/aromatic N) is 2. The molecule has 2 rings (SSSR count). The topological polar surface area (TPSA) is 32.8 Å². The third-order valence-electron chi connectivity index (χ3n) is 4.04. The summed E-state index contributed by atoms with van der Waals surface area (Å²) in [5, 5.41) is 0. The number of carbonyl (C=O) groups excluding carboxylic acids is 1.